The van der Waals surface area contributed by atoms with Gasteiger partial charge in [0.2, 0.25) is 0 Å². The second kappa shape index (κ2) is 5.17. The standard InChI is InChI=1S/C16H20N2O/c1-2-8-18-11-13(10-17-18)16(19)15-9-14(15)12-6-4-3-5-7-12/h3-7,10-11,14-16,19H,2,8-9H2,1H3. The van der Waals surface area contributed by atoms with Crippen molar-refractivity contribution in [1.29, 1.82) is 0 Å². The molecule has 1 fully saturated rings. The molecular formula is C16H20N2O. The molecule has 19 heavy (non-hydrogen) atoms. The smallest absolute Gasteiger partial charge is 0.0854 e. The highest BCUT2D eigenvalue weighted by molar-refractivity contribution is 5.28. The van der Waals surface area contributed by atoms with Gasteiger partial charge in [-0.15, -0.1) is 0 Å². The first kappa shape index (κ1) is 12.4. The van der Waals surface area contributed by atoms with Crippen LogP contribution < -0.4 is 0 Å². The number of benzene rings is 1. The molecule has 3 nitrogen and oxygen atoms in total. The number of nitrogens with zero attached hydrogens (tertiary/aromatic N) is 2. The Hall–Kier alpha value is -1.61. The highest BCUT2D eigenvalue weighted by atomic mass is 16.3. The van der Waals surface area contributed by atoms with E-state index in [1.165, 1.54) is 5.56 Å². The Kier molecular flexibility index (Phi) is 3.38. The summed E-state index contributed by atoms with van der Waals surface area (Å²) in [5.74, 6) is 0.854. The summed E-state index contributed by atoms with van der Waals surface area (Å²) in [6.07, 6.45) is 5.54. The lowest BCUT2D eigenvalue weighted by Gasteiger charge is -2.07. The van der Waals surface area contributed by atoms with Crippen LogP contribution in [0.15, 0.2) is 42.7 Å². The summed E-state index contributed by atoms with van der Waals surface area (Å²) in [4.78, 5) is 0. The minimum Gasteiger partial charge on any atom is -0.388 e. The zero-order valence-corrected chi connectivity index (χ0v) is 11.2. The van der Waals surface area contributed by atoms with Crippen LogP contribution in [0.4, 0.5) is 0 Å². The Morgan fingerprint density at radius 3 is 2.89 bits per heavy atom. The summed E-state index contributed by atoms with van der Waals surface area (Å²) >= 11 is 0. The summed E-state index contributed by atoms with van der Waals surface area (Å²) < 4.78 is 1.92. The van der Waals surface area contributed by atoms with Crippen molar-refractivity contribution in [1.82, 2.24) is 9.78 Å². The van der Waals surface area contributed by atoms with E-state index in [9.17, 15) is 5.11 Å². The monoisotopic (exact) mass is 256 g/mol. The molecule has 1 aromatic heterocycles. The minimum absolute atomic E-state index is 0.349. The average molecular weight is 256 g/mol. The second-order valence-electron chi connectivity index (χ2n) is 5.40. The first-order valence-corrected chi connectivity index (χ1v) is 7.05. The molecule has 1 saturated carbocycles. The van der Waals surface area contributed by atoms with Crippen LogP contribution in [0, 0.1) is 5.92 Å². The third-order valence-corrected chi connectivity index (χ3v) is 3.92. The van der Waals surface area contributed by atoms with Crippen molar-refractivity contribution in [3.63, 3.8) is 0 Å². The number of hydrogen-bond acceptors (Lipinski definition) is 2. The van der Waals surface area contributed by atoms with Crippen molar-refractivity contribution < 1.29 is 5.11 Å². The van der Waals surface area contributed by atoms with E-state index in [4.69, 9.17) is 0 Å². The van der Waals surface area contributed by atoms with E-state index in [1.54, 1.807) is 6.20 Å². The fourth-order valence-corrected chi connectivity index (χ4v) is 2.78. The van der Waals surface area contributed by atoms with Crippen molar-refractivity contribution >= 4 is 0 Å². The van der Waals surface area contributed by atoms with Gasteiger partial charge in [-0.2, -0.15) is 5.10 Å². The predicted molar refractivity (Wildman–Crippen MR) is 74.8 cm³/mol. The van der Waals surface area contributed by atoms with E-state index in [2.05, 4.69) is 36.3 Å². The fourth-order valence-electron chi connectivity index (χ4n) is 2.78. The van der Waals surface area contributed by atoms with E-state index in [-0.39, 0.29) is 6.10 Å². The van der Waals surface area contributed by atoms with E-state index in [0.717, 1.165) is 24.9 Å². The Morgan fingerprint density at radius 1 is 1.37 bits per heavy atom. The molecule has 0 bridgehead atoms. The number of aliphatic hydroxyl groups is 1. The van der Waals surface area contributed by atoms with Gasteiger partial charge in [-0.3, -0.25) is 4.68 Å². The summed E-state index contributed by atoms with van der Waals surface area (Å²) in [5, 5.41) is 14.7. The van der Waals surface area contributed by atoms with Gasteiger partial charge < -0.3 is 5.11 Å². The van der Waals surface area contributed by atoms with Gasteiger partial charge in [0, 0.05) is 18.3 Å². The van der Waals surface area contributed by atoms with Crippen LogP contribution in [0.2, 0.25) is 0 Å². The molecule has 1 N–H and O–H groups in total. The molecule has 1 aliphatic rings. The van der Waals surface area contributed by atoms with Gasteiger partial charge in [-0.25, -0.2) is 0 Å². The predicted octanol–water partition coefficient (Wildman–Crippen LogP) is 3.13. The van der Waals surface area contributed by atoms with E-state index < -0.39 is 0 Å². The molecule has 3 heteroatoms. The van der Waals surface area contributed by atoms with Gasteiger partial charge in [0.15, 0.2) is 0 Å². The maximum absolute atomic E-state index is 10.4. The molecule has 3 unspecified atom stereocenters. The van der Waals surface area contributed by atoms with E-state index in [0.29, 0.717) is 11.8 Å². The average Bonchev–Trinajstić information content (AvgIpc) is 3.12. The molecule has 0 spiro atoms. The van der Waals surface area contributed by atoms with Crippen molar-refractivity contribution in [2.24, 2.45) is 5.92 Å². The fraction of sp³-hybridized carbons (Fsp3) is 0.438. The zero-order chi connectivity index (χ0) is 13.2. The van der Waals surface area contributed by atoms with Gasteiger partial charge in [-0.05, 0) is 30.2 Å². The maximum atomic E-state index is 10.4. The van der Waals surface area contributed by atoms with Crippen molar-refractivity contribution in [2.45, 2.75) is 38.3 Å². The lowest BCUT2D eigenvalue weighted by atomic mass is 10.0. The summed E-state index contributed by atoms with van der Waals surface area (Å²) in [5.41, 5.74) is 2.30. The number of rotatable bonds is 5. The van der Waals surface area contributed by atoms with Crippen LogP contribution >= 0.6 is 0 Å². The largest absolute Gasteiger partial charge is 0.388 e. The summed E-state index contributed by atoms with van der Waals surface area (Å²) in [6.45, 7) is 3.05. The highest BCUT2D eigenvalue weighted by Crippen LogP contribution is 2.53. The van der Waals surface area contributed by atoms with Crippen molar-refractivity contribution in [3.8, 4) is 0 Å². The normalized spacial score (nSPS) is 23.3. The summed E-state index contributed by atoms with van der Waals surface area (Å²) in [7, 11) is 0. The van der Waals surface area contributed by atoms with Crippen LogP contribution in [-0.4, -0.2) is 14.9 Å². The Balaban J connectivity index is 1.67. The lowest BCUT2D eigenvalue weighted by molar-refractivity contribution is 0.151. The molecule has 0 radical (unpaired) electrons. The number of aromatic nitrogens is 2. The molecule has 0 aliphatic heterocycles. The second-order valence-corrected chi connectivity index (χ2v) is 5.40. The molecule has 2 aromatic rings. The first-order valence-electron chi connectivity index (χ1n) is 7.05. The highest BCUT2D eigenvalue weighted by Gasteiger charge is 2.44. The van der Waals surface area contributed by atoms with Crippen LogP contribution in [0.3, 0.4) is 0 Å². The van der Waals surface area contributed by atoms with E-state index >= 15 is 0 Å². The van der Waals surface area contributed by atoms with Crippen LogP contribution in [0.25, 0.3) is 0 Å². The molecule has 1 aliphatic carbocycles. The lowest BCUT2D eigenvalue weighted by Crippen LogP contribution is -2.01. The Labute approximate surface area is 113 Å². The van der Waals surface area contributed by atoms with Gasteiger partial charge in [0.25, 0.3) is 0 Å². The van der Waals surface area contributed by atoms with Crippen LogP contribution in [0.1, 0.15) is 42.9 Å². The van der Waals surface area contributed by atoms with Gasteiger partial charge in [0.05, 0.1) is 12.3 Å². The number of hydrogen-bond donors (Lipinski definition) is 1. The third-order valence-electron chi connectivity index (χ3n) is 3.92. The molecule has 0 amide bonds. The molecule has 1 aromatic carbocycles. The number of aliphatic hydroxyl groups excluding tert-OH is 1. The first-order chi connectivity index (χ1) is 9.29. The van der Waals surface area contributed by atoms with Crippen molar-refractivity contribution in [3.05, 3.63) is 53.9 Å². The topological polar surface area (TPSA) is 38.0 Å². The van der Waals surface area contributed by atoms with Gasteiger partial charge >= 0.3 is 0 Å². The minimum atomic E-state index is -0.379. The van der Waals surface area contributed by atoms with Crippen molar-refractivity contribution in [2.75, 3.05) is 0 Å². The van der Waals surface area contributed by atoms with Gasteiger partial charge in [0.1, 0.15) is 0 Å². The Morgan fingerprint density at radius 2 is 2.16 bits per heavy atom. The van der Waals surface area contributed by atoms with Crippen LogP contribution in [0.5, 0.6) is 0 Å². The molecule has 3 rings (SSSR count). The molecule has 1 heterocycles. The van der Waals surface area contributed by atoms with Crippen LogP contribution in [-0.2, 0) is 6.54 Å². The number of aryl methyl sites for hydroxylation is 1. The SMILES string of the molecule is CCCn1cc(C(O)C2CC2c2ccccc2)cn1. The maximum Gasteiger partial charge on any atom is 0.0854 e. The van der Waals surface area contributed by atoms with E-state index in [1.807, 2.05) is 16.9 Å². The molecule has 3 atom stereocenters. The third kappa shape index (κ3) is 2.56. The molecule has 0 saturated heterocycles. The molecular weight excluding hydrogens is 236 g/mol. The Bertz CT molecular complexity index is 535. The quantitative estimate of drug-likeness (QED) is 0.892. The summed E-state index contributed by atoms with van der Waals surface area (Å²) in [6, 6.07) is 10.5. The zero-order valence-electron chi connectivity index (χ0n) is 11.2. The van der Waals surface area contributed by atoms with Gasteiger partial charge in [-0.1, -0.05) is 37.3 Å². The molecule has 100 valence electrons.